The molecule has 21 heavy (non-hydrogen) atoms. The summed E-state index contributed by atoms with van der Waals surface area (Å²) in [7, 11) is 1.69. The van der Waals surface area contributed by atoms with Crippen LogP contribution in [-0.2, 0) is 17.7 Å². The lowest BCUT2D eigenvalue weighted by Crippen LogP contribution is -2.28. The van der Waals surface area contributed by atoms with E-state index in [0.717, 1.165) is 25.8 Å². The quantitative estimate of drug-likeness (QED) is 0.916. The van der Waals surface area contributed by atoms with E-state index >= 15 is 0 Å². The Kier molecular flexibility index (Phi) is 4.31. The zero-order chi connectivity index (χ0) is 14.7. The van der Waals surface area contributed by atoms with Gasteiger partial charge in [0.15, 0.2) is 0 Å². The maximum Gasteiger partial charge on any atom is 0.244 e. The molecule has 0 amide bonds. The van der Waals surface area contributed by atoms with Crippen molar-refractivity contribution >= 4 is 0 Å². The second-order valence-corrected chi connectivity index (χ2v) is 5.41. The predicted molar refractivity (Wildman–Crippen MR) is 78.7 cm³/mol. The van der Waals surface area contributed by atoms with Gasteiger partial charge in [-0.15, -0.1) is 0 Å². The lowest BCUT2D eigenvalue weighted by molar-refractivity contribution is 0.0854. The van der Waals surface area contributed by atoms with Gasteiger partial charge >= 0.3 is 0 Å². The van der Waals surface area contributed by atoms with E-state index in [1.165, 1.54) is 11.1 Å². The highest BCUT2D eigenvalue weighted by atomic mass is 16.5. The normalized spacial score (nSPS) is 19.2. The van der Waals surface area contributed by atoms with Crippen molar-refractivity contribution in [2.75, 3.05) is 7.11 Å². The molecule has 0 radical (unpaired) electrons. The van der Waals surface area contributed by atoms with Crippen LogP contribution in [0.3, 0.4) is 0 Å². The highest BCUT2D eigenvalue weighted by molar-refractivity contribution is 5.30. The molecule has 112 valence electrons. The lowest BCUT2D eigenvalue weighted by Gasteiger charge is -2.23. The van der Waals surface area contributed by atoms with Crippen molar-refractivity contribution in [3.8, 4) is 0 Å². The Morgan fingerprint density at radius 3 is 2.95 bits per heavy atom. The third-order valence-electron chi connectivity index (χ3n) is 3.96. The number of ether oxygens (including phenoxy) is 1. The maximum atomic E-state index is 5.44. The molecule has 0 aliphatic carbocycles. The number of fused-ring (bicyclic) bond motifs is 1. The van der Waals surface area contributed by atoms with E-state index in [9.17, 15) is 0 Å². The summed E-state index contributed by atoms with van der Waals surface area (Å²) < 4.78 is 10.9. The van der Waals surface area contributed by atoms with Crippen molar-refractivity contribution < 1.29 is 9.26 Å². The zero-order valence-corrected chi connectivity index (χ0v) is 12.5. The minimum atomic E-state index is -0.0802. The highest BCUT2D eigenvalue weighted by Gasteiger charge is 2.26. The van der Waals surface area contributed by atoms with Crippen molar-refractivity contribution in [2.24, 2.45) is 0 Å². The summed E-state index contributed by atoms with van der Waals surface area (Å²) in [6.45, 7) is 2.95. The Balaban J connectivity index is 1.75. The SMILES string of the molecule is CCCC(OC)c1noc(C2Cc3ccccc3CN2)n1. The van der Waals surface area contributed by atoms with Crippen LogP contribution in [0.4, 0.5) is 0 Å². The number of hydrogen-bond donors (Lipinski definition) is 1. The molecule has 0 fully saturated rings. The van der Waals surface area contributed by atoms with Crippen molar-refractivity contribution in [1.29, 1.82) is 0 Å². The standard InChI is InChI=1S/C16H21N3O2/c1-3-6-14(20-2)15-18-16(21-19-15)13-9-11-7-4-5-8-12(11)10-17-13/h4-5,7-8,13-14,17H,3,6,9-10H2,1-2H3. The van der Waals surface area contributed by atoms with E-state index in [2.05, 4.69) is 46.6 Å². The van der Waals surface area contributed by atoms with Gasteiger partial charge in [0.05, 0.1) is 6.04 Å². The van der Waals surface area contributed by atoms with Crippen LogP contribution >= 0.6 is 0 Å². The Morgan fingerprint density at radius 1 is 1.38 bits per heavy atom. The first kappa shape index (κ1) is 14.2. The van der Waals surface area contributed by atoms with Gasteiger partial charge in [-0.05, 0) is 24.0 Å². The van der Waals surface area contributed by atoms with Crippen LogP contribution in [0, 0.1) is 0 Å². The molecule has 3 rings (SSSR count). The molecule has 5 nitrogen and oxygen atoms in total. The zero-order valence-electron chi connectivity index (χ0n) is 12.5. The monoisotopic (exact) mass is 287 g/mol. The molecule has 1 N–H and O–H groups in total. The number of rotatable bonds is 5. The van der Waals surface area contributed by atoms with Gasteiger partial charge in [-0.2, -0.15) is 4.98 Å². The first-order valence-corrected chi connectivity index (χ1v) is 7.48. The average molecular weight is 287 g/mol. The first-order valence-electron chi connectivity index (χ1n) is 7.48. The largest absolute Gasteiger partial charge is 0.373 e. The summed E-state index contributed by atoms with van der Waals surface area (Å²) in [4.78, 5) is 4.53. The molecular weight excluding hydrogens is 266 g/mol. The van der Waals surface area contributed by atoms with Gasteiger partial charge in [-0.3, -0.25) is 0 Å². The fourth-order valence-corrected chi connectivity index (χ4v) is 2.76. The smallest absolute Gasteiger partial charge is 0.244 e. The van der Waals surface area contributed by atoms with E-state index in [4.69, 9.17) is 9.26 Å². The molecule has 0 spiro atoms. The first-order chi connectivity index (χ1) is 10.3. The van der Waals surface area contributed by atoms with Crippen molar-refractivity contribution in [1.82, 2.24) is 15.5 Å². The number of methoxy groups -OCH3 is 1. The van der Waals surface area contributed by atoms with Crippen LogP contribution in [0.2, 0.25) is 0 Å². The van der Waals surface area contributed by atoms with Crippen LogP contribution in [0.1, 0.15) is 54.8 Å². The van der Waals surface area contributed by atoms with E-state index in [1.54, 1.807) is 7.11 Å². The Morgan fingerprint density at radius 2 is 2.19 bits per heavy atom. The van der Waals surface area contributed by atoms with Crippen LogP contribution in [-0.4, -0.2) is 17.3 Å². The van der Waals surface area contributed by atoms with E-state index < -0.39 is 0 Å². The summed E-state index contributed by atoms with van der Waals surface area (Å²) >= 11 is 0. The van der Waals surface area contributed by atoms with Gasteiger partial charge < -0.3 is 14.6 Å². The second-order valence-electron chi connectivity index (χ2n) is 5.41. The molecule has 1 aromatic heterocycles. The van der Waals surface area contributed by atoms with Crippen LogP contribution in [0.5, 0.6) is 0 Å². The molecule has 2 aromatic rings. The molecule has 1 aromatic carbocycles. The van der Waals surface area contributed by atoms with Crippen LogP contribution in [0.15, 0.2) is 28.8 Å². The summed E-state index contributed by atoms with van der Waals surface area (Å²) in [6.07, 6.45) is 2.72. The summed E-state index contributed by atoms with van der Waals surface area (Å²) in [6, 6.07) is 8.54. The highest BCUT2D eigenvalue weighted by Crippen LogP contribution is 2.26. The van der Waals surface area contributed by atoms with Gasteiger partial charge in [0.2, 0.25) is 11.7 Å². The molecule has 0 bridgehead atoms. The maximum absolute atomic E-state index is 5.44. The molecule has 2 atom stereocenters. The number of hydrogen-bond acceptors (Lipinski definition) is 5. The van der Waals surface area contributed by atoms with Gasteiger partial charge in [-0.25, -0.2) is 0 Å². The fraction of sp³-hybridized carbons (Fsp3) is 0.500. The number of benzene rings is 1. The summed E-state index contributed by atoms with van der Waals surface area (Å²) in [5.74, 6) is 1.30. The molecule has 0 saturated carbocycles. The van der Waals surface area contributed by atoms with Crippen LogP contribution in [0.25, 0.3) is 0 Å². The topological polar surface area (TPSA) is 60.2 Å². The molecular formula is C16H21N3O2. The van der Waals surface area contributed by atoms with Crippen molar-refractivity contribution in [3.63, 3.8) is 0 Å². The minimum Gasteiger partial charge on any atom is -0.373 e. The molecule has 1 aliphatic heterocycles. The summed E-state index contributed by atoms with van der Waals surface area (Å²) in [5.41, 5.74) is 2.69. The van der Waals surface area contributed by atoms with Gasteiger partial charge in [0.25, 0.3) is 0 Å². The van der Waals surface area contributed by atoms with Gasteiger partial charge in [0.1, 0.15) is 6.10 Å². The van der Waals surface area contributed by atoms with E-state index in [1.807, 2.05) is 0 Å². The van der Waals surface area contributed by atoms with Crippen molar-refractivity contribution in [3.05, 3.63) is 47.1 Å². The Hall–Kier alpha value is -1.72. The molecule has 2 unspecified atom stereocenters. The fourth-order valence-electron chi connectivity index (χ4n) is 2.76. The Labute approximate surface area is 124 Å². The average Bonchev–Trinajstić information content (AvgIpc) is 3.02. The van der Waals surface area contributed by atoms with Gasteiger partial charge in [-0.1, -0.05) is 42.8 Å². The Bertz CT molecular complexity index is 597. The molecule has 5 heteroatoms. The van der Waals surface area contributed by atoms with Gasteiger partial charge in [0, 0.05) is 13.7 Å². The number of nitrogens with zero attached hydrogens (tertiary/aromatic N) is 2. The minimum absolute atomic E-state index is 0.0802. The van der Waals surface area contributed by atoms with Crippen LogP contribution < -0.4 is 5.32 Å². The molecule has 1 aliphatic rings. The van der Waals surface area contributed by atoms with E-state index in [0.29, 0.717) is 11.7 Å². The molecule has 2 heterocycles. The summed E-state index contributed by atoms with van der Waals surface area (Å²) in [5, 5.41) is 7.54. The predicted octanol–water partition coefficient (Wildman–Crippen LogP) is 2.94. The van der Waals surface area contributed by atoms with E-state index in [-0.39, 0.29) is 12.1 Å². The third-order valence-corrected chi connectivity index (χ3v) is 3.96. The molecule has 0 saturated heterocycles. The number of aromatic nitrogens is 2. The number of nitrogens with one attached hydrogen (secondary N) is 1. The second kappa shape index (κ2) is 6.37. The third kappa shape index (κ3) is 2.99. The lowest BCUT2D eigenvalue weighted by atomic mass is 9.96. The van der Waals surface area contributed by atoms with Crippen molar-refractivity contribution in [2.45, 2.75) is 44.9 Å².